The van der Waals surface area contributed by atoms with Gasteiger partial charge in [0.15, 0.2) is 6.61 Å². The first kappa shape index (κ1) is 14.4. The summed E-state index contributed by atoms with van der Waals surface area (Å²) >= 11 is 0. The van der Waals surface area contributed by atoms with Gasteiger partial charge < -0.3 is 15.2 Å². The third kappa shape index (κ3) is 3.72. The van der Waals surface area contributed by atoms with Crippen LogP contribution in [0, 0.1) is 16.7 Å². The molecule has 2 N–H and O–H groups in total. The van der Waals surface area contributed by atoms with Gasteiger partial charge in [-0.05, 0) is 36.8 Å². The molecule has 1 amide bonds. The monoisotopic (exact) mass is 274 g/mol. The molecule has 0 heterocycles. The van der Waals surface area contributed by atoms with E-state index in [1.165, 1.54) is 0 Å². The molecule has 5 nitrogen and oxygen atoms in total. The fourth-order valence-electron chi connectivity index (χ4n) is 2.09. The van der Waals surface area contributed by atoms with Crippen LogP contribution in [-0.4, -0.2) is 30.8 Å². The molecule has 0 radical (unpaired) electrons. The molecule has 0 unspecified atom stereocenters. The highest BCUT2D eigenvalue weighted by Crippen LogP contribution is 2.47. The van der Waals surface area contributed by atoms with Gasteiger partial charge in [0.05, 0.1) is 5.56 Å². The quantitative estimate of drug-likeness (QED) is 0.783. The second-order valence-corrected chi connectivity index (χ2v) is 5.15. The number of nitriles is 1. The molecule has 5 heteroatoms. The molecule has 0 atom stereocenters. The summed E-state index contributed by atoms with van der Waals surface area (Å²) in [7, 11) is 0. The molecule has 1 fully saturated rings. The molecule has 1 aromatic carbocycles. The van der Waals surface area contributed by atoms with E-state index >= 15 is 0 Å². The summed E-state index contributed by atoms with van der Waals surface area (Å²) in [4.78, 5) is 11.7. The van der Waals surface area contributed by atoms with Crippen LogP contribution < -0.4 is 10.1 Å². The van der Waals surface area contributed by atoms with E-state index in [1.54, 1.807) is 24.3 Å². The van der Waals surface area contributed by atoms with Crippen LogP contribution in [0.25, 0.3) is 0 Å². The summed E-state index contributed by atoms with van der Waals surface area (Å²) in [5, 5.41) is 20.7. The van der Waals surface area contributed by atoms with Crippen LogP contribution in [0.2, 0.25) is 0 Å². The predicted octanol–water partition coefficient (Wildman–Crippen LogP) is 1.22. The molecule has 1 aliphatic carbocycles. The predicted molar refractivity (Wildman–Crippen MR) is 73.0 cm³/mol. The first-order valence-electron chi connectivity index (χ1n) is 6.69. The number of para-hydroxylation sites is 1. The minimum absolute atomic E-state index is 0.0922. The molecule has 1 saturated carbocycles. The van der Waals surface area contributed by atoms with E-state index in [1.807, 2.05) is 6.07 Å². The van der Waals surface area contributed by atoms with Gasteiger partial charge in [-0.15, -0.1) is 0 Å². The zero-order valence-corrected chi connectivity index (χ0v) is 11.3. The minimum atomic E-state index is -0.207. The Balaban J connectivity index is 1.77. The van der Waals surface area contributed by atoms with Crippen LogP contribution in [-0.2, 0) is 4.79 Å². The van der Waals surface area contributed by atoms with Crippen LogP contribution in [0.4, 0.5) is 0 Å². The normalized spacial score (nSPS) is 15.2. The standard InChI is InChI=1S/C15H18N2O3/c16-9-12-3-1-2-4-13(12)20-10-14(19)17-11-15(5-6-15)7-8-18/h1-4,18H,5-8,10-11H2,(H,17,19). The third-order valence-electron chi connectivity index (χ3n) is 3.63. The van der Waals surface area contributed by atoms with Crippen molar-refractivity contribution in [2.24, 2.45) is 5.41 Å². The van der Waals surface area contributed by atoms with Gasteiger partial charge in [-0.3, -0.25) is 4.79 Å². The average molecular weight is 274 g/mol. The highest BCUT2D eigenvalue weighted by molar-refractivity contribution is 5.77. The van der Waals surface area contributed by atoms with Gasteiger partial charge in [0.2, 0.25) is 0 Å². The van der Waals surface area contributed by atoms with Crippen molar-refractivity contribution >= 4 is 5.91 Å². The summed E-state index contributed by atoms with van der Waals surface area (Å²) in [6.07, 6.45) is 2.82. The molecule has 1 aliphatic rings. The van der Waals surface area contributed by atoms with Crippen molar-refractivity contribution in [1.82, 2.24) is 5.32 Å². The van der Waals surface area contributed by atoms with Crippen molar-refractivity contribution in [3.05, 3.63) is 29.8 Å². The van der Waals surface area contributed by atoms with E-state index in [-0.39, 0.29) is 24.5 Å². The molecule has 0 aromatic heterocycles. The zero-order chi connectivity index (χ0) is 14.4. The van der Waals surface area contributed by atoms with Crippen LogP contribution in [0.1, 0.15) is 24.8 Å². The van der Waals surface area contributed by atoms with E-state index in [9.17, 15) is 4.79 Å². The van der Waals surface area contributed by atoms with Crippen LogP contribution >= 0.6 is 0 Å². The van der Waals surface area contributed by atoms with Gasteiger partial charge in [-0.2, -0.15) is 5.26 Å². The fourth-order valence-corrected chi connectivity index (χ4v) is 2.09. The average Bonchev–Trinajstić information content (AvgIpc) is 3.24. The Morgan fingerprint density at radius 2 is 2.20 bits per heavy atom. The summed E-state index contributed by atoms with van der Waals surface area (Å²) in [6, 6.07) is 8.84. The number of aliphatic hydroxyl groups excluding tert-OH is 1. The molecule has 106 valence electrons. The number of ether oxygens (including phenoxy) is 1. The van der Waals surface area contributed by atoms with Crippen molar-refractivity contribution in [3.63, 3.8) is 0 Å². The smallest absolute Gasteiger partial charge is 0.257 e. The van der Waals surface area contributed by atoms with Crippen molar-refractivity contribution in [2.45, 2.75) is 19.3 Å². The SMILES string of the molecule is N#Cc1ccccc1OCC(=O)NCC1(CCO)CC1. The lowest BCUT2D eigenvalue weighted by atomic mass is 10.0. The van der Waals surface area contributed by atoms with E-state index in [4.69, 9.17) is 15.1 Å². The second kappa shape index (κ2) is 6.40. The Hall–Kier alpha value is -2.06. The van der Waals surface area contributed by atoms with Gasteiger partial charge in [0.25, 0.3) is 5.91 Å². The number of aliphatic hydroxyl groups is 1. The Bertz CT molecular complexity index is 518. The van der Waals surface area contributed by atoms with Crippen molar-refractivity contribution in [3.8, 4) is 11.8 Å². The Morgan fingerprint density at radius 1 is 1.45 bits per heavy atom. The lowest BCUT2D eigenvalue weighted by Crippen LogP contribution is -2.34. The van der Waals surface area contributed by atoms with E-state index in [0.717, 1.165) is 19.3 Å². The highest BCUT2D eigenvalue weighted by Gasteiger charge is 2.41. The number of rotatable bonds is 7. The van der Waals surface area contributed by atoms with E-state index < -0.39 is 0 Å². The van der Waals surface area contributed by atoms with Crippen LogP contribution in [0.15, 0.2) is 24.3 Å². The number of benzene rings is 1. The first-order chi connectivity index (χ1) is 9.69. The Kier molecular flexibility index (Phi) is 4.59. The van der Waals surface area contributed by atoms with Gasteiger partial charge in [0, 0.05) is 13.2 Å². The maximum atomic E-state index is 11.7. The molecule has 1 aromatic rings. The van der Waals surface area contributed by atoms with E-state index in [2.05, 4.69) is 5.32 Å². The second-order valence-electron chi connectivity index (χ2n) is 5.15. The maximum Gasteiger partial charge on any atom is 0.257 e. The Labute approximate surface area is 118 Å². The maximum absolute atomic E-state index is 11.7. The largest absolute Gasteiger partial charge is 0.482 e. The van der Waals surface area contributed by atoms with Gasteiger partial charge in [0.1, 0.15) is 11.8 Å². The summed E-state index contributed by atoms with van der Waals surface area (Å²) < 4.78 is 5.35. The van der Waals surface area contributed by atoms with Crippen molar-refractivity contribution < 1.29 is 14.6 Å². The molecular formula is C15H18N2O3. The van der Waals surface area contributed by atoms with Gasteiger partial charge in [-0.25, -0.2) is 0 Å². The zero-order valence-electron chi connectivity index (χ0n) is 11.3. The number of hydrogen-bond acceptors (Lipinski definition) is 4. The van der Waals surface area contributed by atoms with Crippen molar-refractivity contribution in [2.75, 3.05) is 19.8 Å². The minimum Gasteiger partial charge on any atom is -0.482 e. The lowest BCUT2D eigenvalue weighted by molar-refractivity contribution is -0.123. The number of hydrogen-bond donors (Lipinski definition) is 2. The van der Waals surface area contributed by atoms with E-state index in [0.29, 0.717) is 17.9 Å². The molecule has 2 rings (SSSR count). The summed E-state index contributed by atoms with van der Waals surface area (Å²) in [5.41, 5.74) is 0.508. The van der Waals surface area contributed by atoms with Gasteiger partial charge in [-0.1, -0.05) is 12.1 Å². The molecule has 0 aliphatic heterocycles. The third-order valence-corrected chi connectivity index (χ3v) is 3.63. The van der Waals surface area contributed by atoms with Crippen molar-refractivity contribution in [1.29, 1.82) is 5.26 Å². The molecule has 0 saturated heterocycles. The fraction of sp³-hybridized carbons (Fsp3) is 0.467. The first-order valence-corrected chi connectivity index (χ1v) is 6.69. The topological polar surface area (TPSA) is 82.3 Å². The number of nitrogens with zero attached hydrogens (tertiary/aromatic N) is 1. The molecule has 0 bridgehead atoms. The number of amides is 1. The number of carbonyl (C=O) groups excluding carboxylic acids is 1. The van der Waals surface area contributed by atoms with Crippen LogP contribution in [0.3, 0.4) is 0 Å². The lowest BCUT2D eigenvalue weighted by Gasteiger charge is -2.14. The van der Waals surface area contributed by atoms with Crippen LogP contribution in [0.5, 0.6) is 5.75 Å². The molecule has 20 heavy (non-hydrogen) atoms. The summed E-state index contributed by atoms with van der Waals surface area (Å²) in [5.74, 6) is 0.212. The number of nitrogens with one attached hydrogen (secondary N) is 1. The number of carbonyl (C=O) groups is 1. The molecular weight excluding hydrogens is 256 g/mol. The molecule has 0 spiro atoms. The Morgan fingerprint density at radius 3 is 2.85 bits per heavy atom. The van der Waals surface area contributed by atoms with Gasteiger partial charge >= 0.3 is 0 Å². The highest BCUT2D eigenvalue weighted by atomic mass is 16.5. The summed E-state index contributed by atoms with van der Waals surface area (Å²) in [6.45, 7) is 0.630.